The summed E-state index contributed by atoms with van der Waals surface area (Å²) in [6, 6.07) is 0. The molecule has 0 aliphatic heterocycles. The molecule has 0 aliphatic carbocycles. The highest BCUT2D eigenvalue weighted by molar-refractivity contribution is 14.1. The van der Waals surface area contributed by atoms with Crippen LogP contribution in [0.4, 0.5) is 0 Å². The monoisotopic (exact) mass is 249 g/mol. The topological polar surface area (TPSA) is 26.0 Å². The Morgan fingerprint density at radius 2 is 2.10 bits per heavy atom. The van der Waals surface area contributed by atoms with E-state index in [1.54, 1.807) is 0 Å². The lowest BCUT2D eigenvalue weighted by Crippen LogP contribution is -1.95. The van der Waals surface area contributed by atoms with Crippen molar-refractivity contribution in [2.75, 3.05) is 0 Å². The van der Waals surface area contributed by atoms with Crippen LogP contribution >= 0.6 is 22.6 Å². The van der Waals surface area contributed by atoms with Gasteiger partial charge in [0.05, 0.1) is 0 Å². The van der Waals surface area contributed by atoms with E-state index in [1.165, 1.54) is 0 Å². The first kappa shape index (κ1) is 9.75. The second-order valence-corrected chi connectivity index (χ2v) is 3.24. The zero-order valence-electron chi connectivity index (χ0n) is 6.32. The Morgan fingerprint density at radius 3 is 2.40 bits per heavy atom. The molecule has 0 aromatic heterocycles. The van der Waals surface area contributed by atoms with Gasteiger partial charge in [0, 0.05) is 9.28 Å². The fourth-order valence-corrected chi connectivity index (χ4v) is 1.28. The van der Waals surface area contributed by atoms with Crippen LogP contribution in [-0.4, -0.2) is 0 Å². The minimum atomic E-state index is 0.809. The van der Waals surface area contributed by atoms with Crippen molar-refractivity contribution in [3.8, 4) is 0 Å². The zero-order chi connectivity index (χ0) is 8.15. The standard InChI is InChI=1S/C8H12IN/c1-4-8(10)7(9)5-6(2)3/h4-5H,2,10H2,1,3H3/b7-5+,8-4+. The van der Waals surface area contributed by atoms with E-state index in [2.05, 4.69) is 29.2 Å². The Morgan fingerprint density at radius 1 is 1.60 bits per heavy atom. The average molecular weight is 249 g/mol. The van der Waals surface area contributed by atoms with Crippen LogP contribution in [0.15, 0.2) is 33.6 Å². The molecule has 0 heterocycles. The molecule has 56 valence electrons. The number of halogens is 1. The van der Waals surface area contributed by atoms with Gasteiger partial charge in [0.2, 0.25) is 0 Å². The summed E-state index contributed by atoms with van der Waals surface area (Å²) in [5, 5.41) is 0. The molecule has 10 heavy (non-hydrogen) atoms. The summed E-state index contributed by atoms with van der Waals surface area (Å²) < 4.78 is 1.05. The van der Waals surface area contributed by atoms with Crippen LogP contribution in [0.1, 0.15) is 13.8 Å². The largest absolute Gasteiger partial charge is 0.398 e. The maximum atomic E-state index is 5.61. The molecule has 2 N–H and O–H groups in total. The molecule has 2 heteroatoms. The van der Waals surface area contributed by atoms with Crippen molar-refractivity contribution in [2.45, 2.75) is 13.8 Å². The van der Waals surface area contributed by atoms with E-state index >= 15 is 0 Å². The first-order valence-electron chi connectivity index (χ1n) is 3.02. The molecule has 0 amide bonds. The highest BCUT2D eigenvalue weighted by Crippen LogP contribution is 2.14. The van der Waals surface area contributed by atoms with E-state index in [-0.39, 0.29) is 0 Å². The lowest BCUT2D eigenvalue weighted by molar-refractivity contribution is 1.37. The average Bonchev–Trinajstić information content (AvgIpc) is 1.85. The molecule has 0 aliphatic rings. The normalized spacial score (nSPS) is 13.5. The lowest BCUT2D eigenvalue weighted by Gasteiger charge is -1.96. The summed E-state index contributed by atoms with van der Waals surface area (Å²) in [5.74, 6) is 0. The molecule has 0 aromatic carbocycles. The molecule has 1 nitrogen and oxygen atoms in total. The van der Waals surface area contributed by atoms with Crippen molar-refractivity contribution in [1.29, 1.82) is 0 Å². The molecule has 0 bridgehead atoms. The van der Waals surface area contributed by atoms with Crippen molar-refractivity contribution < 1.29 is 0 Å². The third kappa shape index (κ3) is 3.71. The van der Waals surface area contributed by atoms with Crippen molar-refractivity contribution in [3.63, 3.8) is 0 Å². The first-order valence-corrected chi connectivity index (χ1v) is 4.10. The Labute approximate surface area is 75.8 Å². The van der Waals surface area contributed by atoms with E-state index in [9.17, 15) is 0 Å². The molecule has 0 saturated heterocycles. The van der Waals surface area contributed by atoms with Crippen molar-refractivity contribution in [2.24, 2.45) is 5.73 Å². The van der Waals surface area contributed by atoms with Crippen LogP contribution in [0.5, 0.6) is 0 Å². The Bertz CT molecular complexity index is 189. The molecule has 0 aromatic rings. The third-order valence-electron chi connectivity index (χ3n) is 0.960. The summed E-state index contributed by atoms with van der Waals surface area (Å²) >= 11 is 2.19. The second-order valence-electron chi connectivity index (χ2n) is 2.08. The smallest absolute Gasteiger partial charge is 0.0406 e. The van der Waals surface area contributed by atoms with Crippen LogP contribution in [-0.2, 0) is 0 Å². The van der Waals surface area contributed by atoms with Crippen molar-refractivity contribution in [1.82, 2.24) is 0 Å². The number of hydrogen-bond acceptors (Lipinski definition) is 1. The van der Waals surface area contributed by atoms with Crippen LogP contribution < -0.4 is 5.73 Å². The Kier molecular flexibility index (Phi) is 4.43. The van der Waals surface area contributed by atoms with Crippen molar-refractivity contribution in [3.05, 3.63) is 33.6 Å². The molecular weight excluding hydrogens is 237 g/mol. The fourth-order valence-electron chi connectivity index (χ4n) is 0.438. The predicted octanol–water partition coefficient (Wildman–Crippen LogP) is 2.74. The van der Waals surface area contributed by atoms with Gasteiger partial charge in [-0.3, -0.25) is 0 Å². The van der Waals surface area contributed by atoms with Crippen LogP contribution in [0.3, 0.4) is 0 Å². The van der Waals surface area contributed by atoms with Gasteiger partial charge in [-0.25, -0.2) is 0 Å². The van der Waals surface area contributed by atoms with Gasteiger partial charge in [0.1, 0.15) is 0 Å². The number of nitrogens with two attached hydrogens (primary N) is 1. The predicted molar refractivity (Wildman–Crippen MR) is 54.9 cm³/mol. The number of allylic oxidation sites excluding steroid dienone is 4. The summed E-state index contributed by atoms with van der Waals surface area (Å²) in [5.41, 5.74) is 7.44. The lowest BCUT2D eigenvalue weighted by atomic mass is 10.3. The van der Waals surface area contributed by atoms with Gasteiger partial charge in [-0.1, -0.05) is 18.2 Å². The molecule has 0 unspecified atom stereocenters. The van der Waals surface area contributed by atoms with Crippen molar-refractivity contribution >= 4 is 22.6 Å². The molecule has 0 fully saturated rings. The van der Waals surface area contributed by atoms with Gasteiger partial charge < -0.3 is 5.73 Å². The minimum Gasteiger partial charge on any atom is -0.398 e. The first-order chi connectivity index (χ1) is 4.57. The van der Waals surface area contributed by atoms with Crippen LogP contribution in [0, 0.1) is 0 Å². The molecular formula is C8H12IN. The highest BCUT2D eigenvalue weighted by atomic mass is 127. The van der Waals surface area contributed by atoms with Gasteiger partial charge in [0.25, 0.3) is 0 Å². The van der Waals surface area contributed by atoms with E-state index in [0.717, 1.165) is 14.8 Å². The van der Waals surface area contributed by atoms with E-state index in [0.29, 0.717) is 0 Å². The summed E-state index contributed by atoms with van der Waals surface area (Å²) in [4.78, 5) is 0. The van der Waals surface area contributed by atoms with Gasteiger partial charge in [0.15, 0.2) is 0 Å². The van der Waals surface area contributed by atoms with Gasteiger partial charge >= 0.3 is 0 Å². The third-order valence-corrected chi connectivity index (χ3v) is 1.89. The molecule has 0 spiro atoms. The van der Waals surface area contributed by atoms with Crippen LogP contribution in [0.25, 0.3) is 0 Å². The molecule has 0 radical (unpaired) electrons. The quantitative estimate of drug-likeness (QED) is 0.591. The minimum absolute atomic E-state index is 0.809. The van der Waals surface area contributed by atoms with Crippen LogP contribution in [0.2, 0.25) is 0 Å². The number of rotatable bonds is 2. The maximum absolute atomic E-state index is 5.61. The molecule has 0 saturated carbocycles. The van der Waals surface area contributed by atoms with Gasteiger partial charge in [-0.05, 0) is 42.5 Å². The maximum Gasteiger partial charge on any atom is 0.0406 e. The molecule has 0 atom stereocenters. The summed E-state index contributed by atoms with van der Waals surface area (Å²) in [6.07, 6.45) is 3.83. The molecule has 0 rings (SSSR count). The summed E-state index contributed by atoms with van der Waals surface area (Å²) in [7, 11) is 0. The number of hydrogen-bond donors (Lipinski definition) is 1. The highest BCUT2D eigenvalue weighted by Gasteiger charge is 1.91. The fraction of sp³-hybridized carbons (Fsp3) is 0.250. The van der Waals surface area contributed by atoms with E-state index in [4.69, 9.17) is 5.73 Å². The second kappa shape index (κ2) is 4.55. The van der Waals surface area contributed by atoms with Gasteiger partial charge in [-0.15, -0.1) is 0 Å². The zero-order valence-corrected chi connectivity index (χ0v) is 8.47. The van der Waals surface area contributed by atoms with Gasteiger partial charge in [-0.2, -0.15) is 0 Å². The van der Waals surface area contributed by atoms with E-state index in [1.807, 2.05) is 26.0 Å². The Hall–Kier alpha value is -0.250. The Balaban J connectivity index is 4.35. The SMILES string of the molecule is C=C(C)/C=C(I)\C(N)=C/C. The van der Waals surface area contributed by atoms with E-state index < -0.39 is 0 Å². The summed E-state index contributed by atoms with van der Waals surface area (Å²) in [6.45, 7) is 7.61.